The number of pyridine rings is 1. The highest BCUT2D eigenvalue weighted by molar-refractivity contribution is 5.61. The highest BCUT2D eigenvalue weighted by Crippen LogP contribution is 2.19. The molecule has 0 aliphatic heterocycles. The fourth-order valence-electron chi connectivity index (χ4n) is 1.32. The first kappa shape index (κ1) is 9.45. The van der Waals surface area contributed by atoms with Gasteiger partial charge in [0, 0.05) is 5.56 Å². The summed E-state index contributed by atoms with van der Waals surface area (Å²) in [7, 11) is 0. The van der Waals surface area contributed by atoms with Crippen LogP contribution in [0, 0.1) is 5.82 Å². The number of nitrogens with two attached hydrogens (primary N) is 1. The van der Waals surface area contributed by atoms with E-state index >= 15 is 0 Å². The SMILES string of the molecule is Nc1ccc(-c2ccccc2F)[nH]c1=O. The van der Waals surface area contributed by atoms with E-state index in [4.69, 9.17) is 5.73 Å². The second-order valence-electron chi connectivity index (χ2n) is 3.14. The molecule has 0 bridgehead atoms. The Bertz CT molecular complexity index is 548. The predicted octanol–water partition coefficient (Wildman–Crippen LogP) is 1.76. The smallest absolute Gasteiger partial charge is 0.271 e. The maximum absolute atomic E-state index is 13.4. The van der Waals surface area contributed by atoms with E-state index < -0.39 is 5.56 Å². The standard InChI is InChI=1S/C11H9FN2O/c12-8-4-2-1-3-7(8)10-6-5-9(13)11(15)14-10/h1-6H,13H2,(H,14,15). The van der Waals surface area contributed by atoms with Gasteiger partial charge in [0.1, 0.15) is 5.82 Å². The molecule has 0 spiro atoms. The molecule has 3 N–H and O–H groups in total. The van der Waals surface area contributed by atoms with Gasteiger partial charge in [-0.25, -0.2) is 4.39 Å². The van der Waals surface area contributed by atoms with Gasteiger partial charge >= 0.3 is 0 Å². The molecule has 0 saturated heterocycles. The highest BCUT2D eigenvalue weighted by Gasteiger charge is 2.05. The predicted molar refractivity (Wildman–Crippen MR) is 56.9 cm³/mol. The van der Waals surface area contributed by atoms with E-state index in [2.05, 4.69) is 4.98 Å². The molecule has 0 aliphatic carbocycles. The number of aromatic nitrogens is 1. The lowest BCUT2D eigenvalue weighted by Gasteiger charge is -2.02. The number of hydrogen-bond donors (Lipinski definition) is 2. The maximum atomic E-state index is 13.4. The van der Waals surface area contributed by atoms with Crippen molar-refractivity contribution in [1.29, 1.82) is 0 Å². The number of nitrogens with one attached hydrogen (secondary N) is 1. The Hall–Kier alpha value is -2.10. The third-order valence-corrected chi connectivity index (χ3v) is 2.10. The van der Waals surface area contributed by atoms with Crippen molar-refractivity contribution in [2.45, 2.75) is 0 Å². The first-order valence-corrected chi connectivity index (χ1v) is 4.42. The number of H-pyrrole nitrogens is 1. The van der Waals surface area contributed by atoms with Gasteiger partial charge in [0.05, 0.1) is 11.4 Å². The highest BCUT2D eigenvalue weighted by atomic mass is 19.1. The van der Waals surface area contributed by atoms with Gasteiger partial charge in [0.15, 0.2) is 0 Å². The Morgan fingerprint density at radius 1 is 1.13 bits per heavy atom. The van der Waals surface area contributed by atoms with Crippen LogP contribution >= 0.6 is 0 Å². The molecule has 1 heterocycles. The fourth-order valence-corrected chi connectivity index (χ4v) is 1.32. The zero-order valence-electron chi connectivity index (χ0n) is 7.83. The van der Waals surface area contributed by atoms with Gasteiger partial charge in [-0.3, -0.25) is 4.79 Å². The molecule has 3 nitrogen and oxygen atoms in total. The van der Waals surface area contributed by atoms with Gasteiger partial charge in [0.2, 0.25) is 0 Å². The molecule has 15 heavy (non-hydrogen) atoms. The lowest BCUT2D eigenvalue weighted by atomic mass is 10.1. The summed E-state index contributed by atoms with van der Waals surface area (Å²) in [5, 5.41) is 0. The Labute approximate surface area is 85.4 Å². The number of hydrogen-bond acceptors (Lipinski definition) is 2. The number of rotatable bonds is 1. The number of halogens is 1. The van der Waals surface area contributed by atoms with Gasteiger partial charge in [-0.05, 0) is 24.3 Å². The van der Waals surface area contributed by atoms with Crippen LogP contribution in [-0.4, -0.2) is 4.98 Å². The summed E-state index contributed by atoms with van der Waals surface area (Å²) in [5.74, 6) is -0.377. The Kier molecular flexibility index (Phi) is 2.25. The van der Waals surface area contributed by atoms with E-state index in [0.29, 0.717) is 11.3 Å². The van der Waals surface area contributed by atoms with Crippen LogP contribution in [0.3, 0.4) is 0 Å². The largest absolute Gasteiger partial charge is 0.394 e. The summed E-state index contributed by atoms with van der Waals surface area (Å²) < 4.78 is 13.4. The molecule has 1 aromatic heterocycles. The number of benzene rings is 1. The van der Waals surface area contributed by atoms with E-state index in [0.717, 1.165) is 0 Å². The van der Waals surface area contributed by atoms with Crippen LogP contribution in [0.15, 0.2) is 41.2 Å². The molecule has 0 radical (unpaired) electrons. The molecule has 2 rings (SSSR count). The molecule has 0 saturated carbocycles. The molecule has 2 aromatic rings. The van der Waals surface area contributed by atoms with Crippen molar-refractivity contribution in [2.75, 3.05) is 5.73 Å². The van der Waals surface area contributed by atoms with Crippen molar-refractivity contribution in [3.05, 3.63) is 52.6 Å². The van der Waals surface area contributed by atoms with Gasteiger partial charge in [-0.1, -0.05) is 12.1 Å². The van der Waals surface area contributed by atoms with E-state index in [-0.39, 0.29) is 11.5 Å². The molecular weight excluding hydrogens is 195 g/mol. The Balaban J connectivity index is 2.60. The first-order valence-electron chi connectivity index (χ1n) is 4.42. The average Bonchev–Trinajstić information content (AvgIpc) is 2.23. The van der Waals surface area contributed by atoms with Crippen LogP contribution in [0.5, 0.6) is 0 Å². The van der Waals surface area contributed by atoms with Gasteiger partial charge in [0.25, 0.3) is 5.56 Å². The summed E-state index contributed by atoms with van der Waals surface area (Å²) in [6, 6.07) is 9.26. The van der Waals surface area contributed by atoms with Gasteiger partial charge < -0.3 is 10.7 Å². The molecule has 0 atom stereocenters. The lowest BCUT2D eigenvalue weighted by Crippen LogP contribution is -2.11. The number of aromatic amines is 1. The summed E-state index contributed by atoms with van der Waals surface area (Å²) in [4.78, 5) is 13.7. The fraction of sp³-hybridized carbons (Fsp3) is 0. The Morgan fingerprint density at radius 2 is 1.87 bits per heavy atom. The molecule has 0 amide bonds. The minimum atomic E-state index is -0.407. The van der Waals surface area contributed by atoms with Crippen LogP contribution in [-0.2, 0) is 0 Å². The molecule has 1 aromatic carbocycles. The van der Waals surface area contributed by atoms with E-state index in [9.17, 15) is 9.18 Å². The van der Waals surface area contributed by atoms with Crippen molar-refractivity contribution < 1.29 is 4.39 Å². The number of anilines is 1. The molecule has 0 aliphatic rings. The van der Waals surface area contributed by atoms with E-state index in [1.54, 1.807) is 24.3 Å². The molecule has 76 valence electrons. The van der Waals surface area contributed by atoms with Crippen molar-refractivity contribution in [3.63, 3.8) is 0 Å². The lowest BCUT2D eigenvalue weighted by molar-refractivity contribution is 0.630. The van der Waals surface area contributed by atoms with Crippen LogP contribution in [0.4, 0.5) is 10.1 Å². The molecule has 0 unspecified atom stereocenters. The average molecular weight is 204 g/mol. The van der Waals surface area contributed by atoms with Gasteiger partial charge in [-0.2, -0.15) is 0 Å². The normalized spacial score (nSPS) is 10.2. The number of nitrogen functional groups attached to an aromatic ring is 1. The maximum Gasteiger partial charge on any atom is 0.271 e. The quantitative estimate of drug-likeness (QED) is 0.743. The molecule has 0 fully saturated rings. The summed E-state index contributed by atoms with van der Waals surface area (Å²) in [6.07, 6.45) is 0. The van der Waals surface area contributed by atoms with Gasteiger partial charge in [-0.15, -0.1) is 0 Å². The summed E-state index contributed by atoms with van der Waals surface area (Å²) in [5.41, 5.74) is 5.86. The van der Waals surface area contributed by atoms with E-state index in [1.807, 2.05) is 0 Å². The topological polar surface area (TPSA) is 58.9 Å². The minimum absolute atomic E-state index is 0.120. The second-order valence-corrected chi connectivity index (χ2v) is 3.14. The third-order valence-electron chi connectivity index (χ3n) is 2.10. The first-order chi connectivity index (χ1) is 7.18. The monoisotopic (exact) mass is 204 g/mol. The Morgan fingerprint density at radius 3 is 2.53 bits per heavy atom. The van der Waals surface area contributed by atoms with Crippen molar-refractivity contribution in [2.24, 2.45) is 0 Å². The van der Waals surface area contributed by atoms with Crippen molar-refractivity contribution in [1.82, 2.24) is 4.98 Å². The molecular formula is C11H9FN2O. The van der Waals surface area contributed by atoms with Crippen LogP contribution < -0.4 is 11.3 Å². The summed E-state index contributed by atoms with van der Waals surface area (Å²) >= 11 is 0. The van der Waals surface area contributed by atoms with E-state index in [1.165, 1.54) is 12.1 Å². The minimum Gasteiger partial charge on any atom is -0.394 e. The van der Waals surface area contributed by atoms with Crippen LogP contribution in [0.2, 0.25) is 0 Å². The third kappa shape index (κ3) is 1.74. The second kappa shape index (κ2) is 3.57. The van der Waals surface area contributed by atoms with Crippen LogP contribution in [0.25, 0.3) is 11.3 Å². The zero-order valence-corrected chi connectivity index (χ0v) is 7.83. The van der Waals surface area contributed by atoms with Crippen LogP contribution in [0.1, 0.15) is 0 Å². The zero-order chi connectivity index (χ0) is 10.8. The van der Waals surface area contributed by atoms with Crippen molar-refractivity contribution in [3.8, 4) is 11.3 Å². The summed E-state index contributed by atoms with van der Waals surface area (Å²) in [6.45, 7) is 0. The van der Waals surface area contributed by atoms with Crippen molar-refractivity contribution >= 4 is 5.69 Å². The molecule has 4 heteroatoms.